The summed E-state index contributed by atoms with van der Waals surface area (Å²) in [5, 5.41) is 4.24. The molecule has 0 saturated carbocycles. The number of halogens is 1. The zero-order valence-corrected chi connectivity index (χ0v) is 9.62. The van der Waals surface area contributed by atoms with Gasteiger partial charge >= 0.3 is 0 Å². The minimum atomic E-state index is 0.767. The first-order chi connectivity index (χ1) is 6.66. The predicted octanol–water partition coefficient (Wildman–Crippen LogP) is 2.55. The maximum Gasteiger partial charge on any atom is 0.181 e. The number of nitrogens with zero attached hydrogens (tertiary/aromatic N) is 3. The van der Waals surface area contributed by atoms with E-state index in [0.29, 0.717) is 0 Å². The van der Waals surface area contributed by atoms with E-state index in [0.717, 1.165) is 15.9 Å². The van der Waals surface area contributed by atoms with E-state index in [1.54, 1.807) is 11.0 Å². The standard InChI is InChI=1S/C10H10BrN3/c1-7-5-8(3-4-9(7)11)10-12-6-14(2)13-10/h3-6H,1-2H3. The van der Waals surface area contributed by atoms with Gasteiger partial charge in [-0.1, -0.05) is 15.9 Å². The predicted molar refractivity (Wildman–Crippen MR) is 58.9 cm³/mol. The quantitative estimate of drug-likeness (QED) is 0.780. The highest BCUT2D eigenvalue weighted by molar-refractivity contribution is 9.10. The molecule has 0 saturated heterocycles. The molecule has 3 nitrogen and oxygen atoms in total. The van der Waals surface area contributed by atoms with Crippen LogP contribution in [0.15, 0.2) is 29.0 Å². The van der Waals surface area contributed by atoms with Crippen molar-refractivity contribution in [3.05, 3.63) is 34.6 Å². The van der Waals surface area contributed by atoms with Crippen molar-refractivity contribution in [1.29, 1.82) is 0 Å². The van der Waals surface area contributed by atoms with Crippen molar-refractivity contribution >= 4 is 15.9 Å². The SMILES string of the molecule is Cc1cc(-c2ncn(C)n2)ccc1Br. The molecule has 1 aromatic heterocycles. The molecule has 0 fully saturated rings. The number of aromatic nitrogens is 3. The summed E-state index contributed by atoms with van der Waals surface area (Å²) in [6.45, 7) is 2.05. The van der Waals surface area contributed by atoms with Crippen LogP contribution in [0.4, 0.5) is 0 Å². The van der Waals surface area contributed by atoms with Crippen molar-refractivity contribution in [3.63, 3.8) is 0 Å². The fraction of sp³-hybridized carbons (Fsp3) is 0.200. The van der Waals surface area contributed by atoms with Gasteiger partial charge in [0.2, 0.25) is 0 Å². The van der Waals surface area contributed by atoms with Gasteiger partial charge in [-0.05, 0) is 30.7 Å². The Balaban J connectivity index is 2.47. The van der Waals surface area contributed by atoms with Gasteiger partial charge in [0.05, 0.1) is 0 Å². The fourth-order valence-electron chi connectivity index (χ4n) is 1.26. The van der Waals surface area contributed by atoms with Crippen LogP contribution in [0.3, 0.4) is 0 Å². The van der Waals surface area contributed by atoms with Gasteiger partial charge in [-0.25, -0.2) is 4.98 Å². The van der Waals surface area contributed by atoms with Gasteiger partial charge in [0.15, 0.2) is 5.82 Å². The van der Waals surface area contributed by atoms with Crippen molar-refractivity contribution in [2.75, 3.05) is 0 Å². The Bertz CT molecular complexity index is 462. The molecule has 0 spiro atoms. The molecular weight excluding hydrogens is 242 g/mol. The lowest BCUT2D eigenvalue weighted by atomic mass is 10.1. The van der Waals surface area contributed by atoms with Crippen LogP contribution in [-0.4, -0.2) is 14.8 Å². The number of hydrogen-bond acceptors (Lipinski definition) is 2. The third-order valence-electron chi connectivity index (χ3n) is 2.02. The zero-order chi connectivity index (χ0) is 10.1. The molecular formula is C10H10BrN3. The van der Waals surface area contributed by atoms with E-state index in [-0.39, 0.29) is 0 Å². The van der Waals surface area contributed by atoms with Crippen LogP contribution < -0.4 is 0 Å². The molecule has 0 bridgehead atoms. The lowest BCUT2D eigenvalue weighted by molar-refractivity contribution is 0.768. The summed E-state index contributed by atoms with van der Waals surface area (Å²) in [7, 11) is 1.86. The summed E-state index contributed by atoms with van der Waals surface area (Å²) in [5.74, 6) is 0.767. The number of aryl methyl sites for hydroxylation is 2. The van der Waals surface area contributed by atoms with E-state index in [1.165, 1.54) is 5.56 Å². The van der Waals surface area contributed by atoms with Gasteiger partial charge in [0, 0.05) is 17.1 Å². The number of benzene rings is 1. The lowest BCUT2D eigenvalue weighted by Gasteiger charge is -1.99. The molecule has 14 heavy (non-hydrogen) atoms. The lowest BCUT2D eigenvalue weighted by Crippen LogP contribution is -1.88. The summed E-state index contributed by atoms with van der Waals surface area (Å²) in [6, 6.07) is 6.09. The Kier molecular flexibility index (Phi) is 2.37. The molecule has 1 aromatic carbocycles. The Morgan fingerprint density at radius 1 is 1.36 bits per heavy atom. The van der Waals surface area contributed by atoms with Gasteiger partial charge in [0.25, 0.3) is 0 Å². The van der Waals surface area contributed by atoms with E-state index >= 15 is 0 Å². The van der Waals surface area contributed by atoms with Crippen molar-refractivity contribution in [2.45, 2.75) is 6.92 Å². The molecule has 0 aliphatic rings. The zero-order valence-electron chi connectivity index (χ0n) is 8.03. The monoisotopic (exact) mass is 251 g/mol. The summed E-state index contributed by atoms with van der Waals surface area (Å²) in [6.07, 6.45) is 1.70. The molecule has 0 amide bonds. The van der Waals surface area contributed by atoms with E-state index < -0.39 is 0 Å². The molecule has 1 heterocycles. The third-order valence-corrected chi connectivity index (χ3v) is 2.91. The second-order valence-corrected chi connectivity index (χ2v) is 4.06. The van der Waals surface area contributed by atoms with Gasteiger partial charge in [-0.15, -0.1) is 0 Å². The second-order valence-electron chi connectivity index (χ2n) is 3.21. The molecule has 0 N–H and O–H groups in total. The van der Waals surface area contributed by atoms with Crippen LogP contribution in [0.5, 0.6) is 0 Å². The van der Waals surface area contributed by atoms with E-state index in [4.69, 9.17) is 0 Å². The second kappa shape index (κ2) is 3.53. The molecule has 2 rings (SSSR count). The Morgan fingerprint density at radius 3 is 2.71 bits per heavy atom. The van der Waals surface area contributed by atoms with E-state index in [2.05, 4.69) is 39.0 Å². The molecule has 2 aromatic rings. The van der Waals surface area contributed by atoms with Gasteiger partial charge < -0.3 is 0 Å². The van der Waals surface area contributed by atoms with Crippen LogP contribution in [0.1, 0.15) is 5.56 Å². The summed E-state index contributed by atoms with van der Waals surface area (Å²) in [5.41, 5.74) is 2.24. The summed E-state index contributed by atoms with van der Waals surface area (Å²) in [4.78, 5) is 4.19. The van der Waals surface area contributed by atoms with Crippen LogP contribution in [-0.2, 0) is 7.05 Å². The minimum Gasteiger partial charge on any atom is -0.255 e. The van der Waals surface area contributed by atoms with Crippen molar-refractivity contribution in [3.8, 4) is 11.4 Å². The van der Waals surface area contributed by atoms with Crippen LogP contribution >= 0.6 is 15.9 Å². The molecule has 0 aliphatic heterocycles. The van der Waals surface area contributed by atoms with E-state index in [1.807, 2.05) is 19.2 Å². The normalized spacial score (nSPS) is 10.5. The minimum absolute atomic E-state index is 0.767. The first-order valence-electron chi connectivity index (χ1n) is 4.29. The van der Waals surface area contributed by atoms with Gasteiger partial charge in [-0.2, -0.15) is 5.10 Å². The van der Waals surface area contributed by atoms with Crippen LogP contribution in [0.25, 0.3) is 11.4 Å². The average Bonchev–Trinajstić information content (AvgIpc) is 2.57. The smallest absolute Gasteiger partial charge is 0.181 e. The Hall–Kier alpha value is -1.16. The fourth-order valence-corrected chi connectivity index (χ4v) is 1.50. The van der Waals surface area contributed by atoms with E-state index in [9.17, 15) is 0 Å². The molecule has 4 heteroatoms. The van der Waals surface area contributed by atoms with Crippen molar-refractivity contribution < 1.29 is 0 Å². The third kappa shape index (κ3) is 1.70. The Morgan fingerprint density at radius 2 is 2.14 bits per heavy atom. The topological polar surface area (TPSA) is 30.7 Å². The highest BCUT2D eigenvalue weighted by Gasteiger charge is 2.03. The molecule has 72 valence electrons. The maximum atomic E-state index is 4.24. The number of rotatable bonds is 1. The van der Waals surface area contributed by atoms with Crippen molar-refractivity contribution in [2.24, 2.45) is 7.05 Å². The molecule has 0 unspecified atom stereocenters. The van der Waals surface area contributed by atoms with Crippen LogP contribution in [0, 0.1) is 6.92 Å². The van der Waals surface area contributed by atoms with Gasteiger partial charge in [0.1, 0.15) is 6.33 Å². The average molecular weight is 252 g/mol. The molecule has 0 radical (unpaired) electrons. The molecule has 0 aliphatic carbocycles. The number of hydrogen-bond donors (Lipinski definition) is 0. The highest BCUT2D eigenvalue weighted by atomic mass is 79.9. The first-order valence-corrected chi connectivity index (χ1v) is 5.08. The summed E-state index contributed by atoms with van der Waals surface area (Å²) >= 11 is 3.46. The van der Waals surface area contributed by atoms with Crippen LogP contribution in [0.2, 0.25) is 0 Å². The molecule has 0 atom stereocenters. The maximum absolute atomic E-state index is 4.24. The largest absolute Gasteiger partial charge is 0.255 e. The Labute approximate surface area is 90.9 Å². The highest BCUT2D eigenvalue weighted by Crippen LogP contribution is 2.22. The summed E-state index contributed by atoms with van der Waals surface area (Å²) < 4.78 is 2.81. The first kappa shape index (κ1) is 9.40. The van der Waals surface area contributed by atoms with Gasteiger partial charge in [-0.3, -0.25) is 4.68 Å². The van der Waals surface area contributed by atoms with Crippen molar-refractivity contribution in [1.82, 2.24) is 14.8 Å².